The zero-order chi connectivity index (χ0) is 18.7. The van der Waals surface area contributed by atoms with E-state index >= 15 is 0 Å². The van der Waals surface area contributed by atoms with Gasteiger partial charge in [-0.15, -0.1) is 0 Å². The highest BCUT2D eigenvalue weighted by atomic mass is 32.1. The van der Waals surface area contributed by atoms with Gasteiger partial charge in [-0.05, 0) is 49.8 Å². The monoisotopic (exact) mass is 367 g/mol. The summed E-state index contributed by atoms with van der Waals surface area (Å²) in [6, 6.07) is 16.6. The number of nitrogens with one attached hydrogen (secondary N) is 1. The lowest BCUT2D eigenvalue weighted by atomic mass is 10.1. The molecular formula is C21H25N3OS. The van der Waals surface area contributed by atoms with Crippen molar-refractivity contribution >= 4 is 33.9 Å². The summed E-state index contributed by atoms with van der Waals surface area (Å²) in [6.45, 7) is 5.07. The van der Waals surface area contributed by atoms with Crippen LogP contribution in [0.4, 0.5) is 5.69 Å². The largest absolute Gasteiger partial charge is 0.497 e. The molecule has 2 aromatic carbocycles. The van der Waals surface area contributed by atoms with Crippen LogP contribution in [0.2, 0.25) is 0 Å². The second kappa shape index (κ2) is 7.79. The van der Waals surface area contributed by atoms with Crippen LogP contribution in [-0.4, -0.2) is 27.7 Å². The molecule has 1 heterocycles. The molecule has 0 unspecified atom stereocenters. The van der Waals surface area contributed by atoms with Crippen molar-refractivity contribution in [2.45, 2.75) is 26.4 Å². The first-order valence-corrected chi connectivity index (χ1v) is 9.15. The number of aromatic nitrogens is 1. The number of ether oxygens (including phenoxy) is 1. The number of aryl methyl sites for hydroxylation is 1. The maximum Gasteiger partial charge on any atom is 0.173 e. The molecule has 1 N–H and O–H groups in total. The van der Waals surface area contributed by atoms with Gasteiger partial charge in [0.1, 0.15) is 5.75 Å². The molecule has 3 rings (SSSR count). The molecule has 26 heavy (non-hydrogen) atoms. The summed E-state index contributed by atoms with van der Waals surface area (Å²) >= 11 is 5.71. The number of hydrogen-bond donors (Lipinski definition) is 1. The third-order valence-electron chi connectivity index (χ3n) is 4.53. The zero-order valence-corrected chi connectivity index (χ0v) is 16.5. The highest BCUT2D eigenvalue weighted by Crippen LogP contribution is 2.23. The van der Waals surface area contributed by atoms with Crippen LogP contribution in [0, 0.1) is 0 Å². The number of para-hydroxylation sites is 1. The Balaban J connectivity index is 1.83. The van der Waals surface area contributed by atoms with Crippen molar-refractivity contribution in [3.8, 4) is 5.75 Å². The van der Waals surface area contributed by atoms with E-state index in [4.69, 9.17) is 17.0 Å². The van der Waals surface area contributed by atoms with E-state index < -0.39 is 0 Å². The van der Waals surface area contributed by atoms with Crippen LogP contribution in [-0.2, 0) is 13.6 Å². The van der Waals surface area contributed by atoms with Gasteiger partial charge in [0, 0.05) is 48.5 Å². The minimum atomic E-state index is 0.277. The van der Waals surface area contributed by atoms with Crippen LogP contribution in [0.15, 0.2) is 54.7 Å². The fourth-order valence-corrected chi connectivity index (χ4v) is 3.51. The summed E-state index contributed by atoms with van der Waals surface area (Å²) in [4.78, 5) is 2.20. The minimum Gasteiger partial charge on any atom is -0.497 e. The first-order valence-electron chi connectivity index (χ1n) is 8.74. The molecule has 3 aromatic rings. The predicted molar refractivity (Wildman–Crippen MR) is 113 cm³/mol. The molecule has 0 saturated heterocycles. The lowest BCUT2D eigenvalue weighted by Crippen LogP contribution is -2.39. The summed E-state index contributed by atoms with van der Waals surface area (Å²) in [5.74, 6) is 0.808. The standard InChI is InChI=1S/C21H25N3OS/c1-15(2)24(21(26)22-17-8-7-9-18(12-17)25-4)14-16-13-23(3)20-11-6-5-10-19(16)20/h5-13,15H,14H2,1-4H3,(H,22,26). The normalized spacial score (nSPS) is 11.0. The van der Waals surface area contributed by atoms with Crippen LogP contribution in [0.5, 0.6) is 5.75 Å². The number of anilines is 1. The fraction of sp³-hybridized carbons (Fsp3) is 0.286. The third-order valence-corrected chi connectivity index (χ3v) is 4.86. The lowest BCUT2D eigenvalue weighted by Gasteiger charge is -2.29. The molecule has 0 spiro atoms. The first-order chi connectivity index (χ1) is 12.5. The van der Waals surface area contributed by atoms with Crippen LogP contribution < -0.4 is 10.1 Å². The van der Waals surface area contributed by atoms with E-state index in [2.05, 4.69) is 66.1 Å². The van der Waals surface area contributed by atoms with Gasteiger partial charge in [-0.1, -0.05) is 24.3 Å². The molecular weight excluding hydrogens is 342 g/mol. The van der Waals surface area contributed by atoms with Crippen molar-refractivity contribution in [1.82, 2.24) is 9.47 Å². The SMILES string of the molecule is COc1cccc(NC(=S)N(Cc2cn(C)c3ccccc23)C(C)C)c1. The Morgan fingerprint density at radius 2 is 1.96 bits per heavy atom. The topological polar surface area (TPSA) is 29.4 Å². The minimum absolute atomic E-state index is 0.277. The van der Waals surface area contributed by atoms with Crippen molar-refractivity contribution < 1.29 is 4.74 Å². The van der Waals surface area contributed by atoms with E-state index in [0.717, 1.165) is 18.0 Å². The van der Waals surface area contributed by atoms with Gasteiger partial charge < -0.3 is 19.5 Å². The van der Waals surface area contributed by atoms with E-state index in [1.54, 1.807) is 7.11 Å². The summed E-state index contributed by atoms with van der Waals surface area (Å²) in [7, 11) is 3.75. The first kappa shape index (κ1) is 18.3. The Kier molecular flexibility index (Phi) is 5.47. The van der Waals surface area contributed by atoms with Crippen LogP contribution in [0.3, 0.4) is 0 Å². The van der Waals surface area contributed by atoms with Crippen LogP contribution in [0.25, 0.3) is 10.9 Å². The van der Waals surface area contributed by atoms with Gasteiger partial charge in [-0.2, -0.15) is 0 Å². The van der Waals surface area contributed by atoms with Crippen molar-refractivity contribution in [3.63, 3.8) is 0 Å². The molecule has 0 aliphatic carbocycles. The van der Waals surface area contributed by atoms with E-state index in [1.165, 1.54) is 16.5 Å². The maximum absolute atomic E-state index is 5.71. The molecule has 0 aliphatic rings. The fourth-order valence-electron chi connectivity index (χ4n) is 3.12. The van der Waals surface area contributed by atoms with Gasteiger partial charge in [0.25, 0.3) is 0 Å². The number of rotatable bonds is 5. The Morgan fingerprint density at radius 3 is 2.69 bits per heavy atom. The number of thiocarbonyl (C=S) groups is 1. The smallest absolute Gasteiger partial charge is 0.173 e. The summed E-state index contributed by atoms with van der Waals surface area (Å²) in [5, 5.41) is 5.32. The van der Waals surface area contributed by atoms with Gasteiger partial charge in [0.15, 0.2) is 5.11 Å². The molecule has 4 nitrogen and oxygen atoms in total. The molecule has 0 amide bonds. The number of nitrogens with zero attached hydrogens (tertiary/aromatic N) is 2. The third kappa shape index (κ3) is 3.83. The number of hydrogen-bond acceptors (Lipinski definition) is 2. The lowest BCUT2D eigenvalue weighted by molar-refractivity contribution is 0.349. The number of fused-ring (bicyclic) bond motifs is 1. The molecule has 1 aromatic heterocycles. The van der Waals surface area contributed by atoms with Crippen molar-refractivity contribution in [2.75, 3.05) is 12.4 Å². The van der Waals surface area contributed by atoms with E-state index in [0.29, 0.717) is 5.11 Å². The molecule has 0 fully saturated rings. The summed E-state index contributed by atoms with van der Waals surface area (Å²) < 4.78 is 7.46. The van der Waals surface area contributed by atoms with Gasteiger partial charge in [0.05, 0.1) is 7.11 Å². The average molecular weight is 368 g/mol. The molecule has 0 aliphatic heterocycles. The molecule has 0 saturated carbocycles. The zero-order valence-electron chi connectivity index (χ0n) is 15.7. The van der Waals surface area contributed by atoms with Gasteiger partial charge in [-0.25, -0.2) is 0 Å². The highest BCUT2D eigenvalue weighted by molar-refractivity contribution is 7.80. The number of methoxy groups -OCH3 is 1. The summed E-state index contributed by atoms with van der Waals surface area (Å²) in [6.07, 6.45) is 2.19. The van der Waals surface area contributed by atoms with Gasteiger partial charge >= 0.3 is 0 Å². The molecule has 0 atom stereocenters. The van der Waals surface area contributed by atoms with Crippen molar-refractivity contribution in [2.24, 2.45) is 7.05 Å². The number of benzene rings is 2. The molecule has 0 bridgehead atoms. The Bertz CT molecular complexity index is 917. The van der Waals surface area contributed by atoms with Gasteiger partial charge in [0.2, 0.25) is 0 Å². The molecule has 0 radical (unpaired) electrons. The van der Waals surface area contributed by atoms with Crippen LogP contribution in [0.1, 0.15) is 19.4 Å². The Labute approximate surface area is 160 Å². The van der Waals surface area contributed by atoms with E-state index in [9.17, 15) is 0 Å². The highest BCUT2D eigenvalue weighted by Gasteiger charge is 2.17. The molecule has 136 valence electrons. The van der Waals surface area contributed by atoms with Crippen molar-refractivity contribution in [1.29, 1.82) is 0 Å². The molecule has 5 heteroatoms. The van der Waals surface area contributed by atoms with E-state index in [1.807, 2.05) is 24.3 Å². The van der Waals surface area contributed by atoms with Crippen molar-refractivity contribution in [3.05, 3.63) is 60.3 Å². The quantitative estimate of drug-likeness (QED) is 0.656. The van der Waals surface area contributed by atoms with Gasteiger partial charge in [-0.3, -0.25) is 0 Å². The second-order valence-electron chi connectivity index (χ2n) is 6.67. The van der Waals surface area contributed by atoms with Crippen LogP contribution >= 0.6 is 12.2 Å². The maximum atomic E-state index is 5.71. The Morgan fingerprint density at radius 1 is 1.19 bits per heavy atom. The predicted octanol–water partition coefficient (Wildman–Crippen LogP) is 4.79. The average Bonchev–Trinajstić information content (AvgIpc) is 2.95. The summed E-state index contributed by atoms with van der Waals surface area (Å²) in [5.41, 5.74) is 3.43. The second-order valence-corrected chi connectivity index (χ2v) is 7.05. The van der Waals surface area contributed by atoms with E-state index in [-0.39, 0.29) is 6.04 Å². The Hall–Kier alpha value is -2.53.